The fourth-order valence-corrected chi connectivity index (χ4v) is 6.36. The van der Waals surface area contributed by atoms with Crippen LogP contribution in [-0.2, 0) is 19.4 Å². The zero-order valence-corrected chi connectivity index (χ0v) is 21.2. The van der Waals surface area contributed by atoms with Crippen molar-refractivity contribution < 1.29 is 22.7 Å². The summed E-state index contributed by atoms with van der Waals surface area (Å²) in [5.74, 6) is -0.0991. The smallest absolute Gasteiger partial charge is 0.410 e. The van der Waals surface area contributed by atoms with E-state index in [4.69, 9.17) is 4.74 Å². The van der Waals surface area contributed by atoms with Crippen molar-refractivity contribution >= 4 is 44.4 Å². The molecule has 0 aromatic heterocycles. The maximum absolute atomic E-state index is 13.8. The minimum atomic E-state index is -3.74. The molecular formula is C21H30IN3O5S. The first kappa shape index (κ1) is 24.2. The van der Waals surface area contributed by atoms with Gasteiger partial charge in [0.25, 0.3) is 0 Å². The van der Waals surface area contributed by atoms with Gasteiger partial charge in [-0.15, -0.1) is 0 Å². The number of halogens is 1. The largest absolute Gasteiger partial charge is 0.444 e. The summed E-state index contributed by atoms with van der Waals surface area (Å²) in [5.41, 5.74) is -0.619. The van der Waals surface area contributed by atoms with E-state index in [0.717, 1.165) is 3.57 Å². The Morgan fingerprint density at radius 2 is 1.77 bits per heavy atom. The van der Waals surface area contributed by atoms with Crippen LogP contribution in [0.5, 0.6) is 0 Å². The number of carbonyl (C=O) groups is 2. The quantitative estimate of drug-likeness (QED) is 0.565. The molecule has 2 aliphatic heterocycles. The first-order valence-electron chi connectivity index (χ1n) is 10.4. The molecule has 1 N–H and O–H groups in total. The summed E-state index contributed by atoms with van der Waals surface area (Å²) in [6.07, 6.45) is 0.0567. The second kappa shape index (κ2) is 9.22. The summed E-state index contributed by atoms with van der Waals surface area (Å²) in [7, 11) is -3.74. The zero-order chi connectivity index (χ0) is 22.9. The molecule has 1 aromatic rings. The highest BCUT2D eigenvalue weighted by atomic mass is 127. The Hall–Kier alpha value is -1.40. The maximum Gasteiger partial charge on any atom is 0.410 e. The van der Waals surface area contributed by atoms with Gasteiger partial charge in [-0.2, -0.15) is 0 Å². The number of rotatable bonds is 4. The van der Waals surface area contributed by atoms with Gasteiger partial charge in [0, 0.05) is 36.3 Å². The van der Waals surface area contributed by atoms with Crippen molar-refractivity contribution in [3.63, 3.8) is 0 Å². The Bertz CT molecular complexity index is 919. The van der Waals surface area contributed by atoms with Gasteiger partial charge in [0.15, 0.2) is 9.84 Å². The van der Waals surface area contributed by atoms with Crippen LogP contribution >= 0.6 is 22.6 Å². The second-order valence-electron chi connectivity index (χ2n) is 9.10. The highest BCUT2D eigenvalue weighted by Gasteiger charge is 2.49. The lowest BCUT2D eigenvalue weighted by molar-refractivity contribution is -0.132. The Morgan fingerprint density at radius 3 is 2.32 bits per heavy atom. The molecule has 2 heterocycles. The van der Waals surface area contributed by atoms with Crippen molar-refractivity contribution in [1.82, 2.24) is 15.1 Å². The van der Waals surface area contributed by atoms with E-state index in [0.29, 0.717) is 13.1 Å². The van der Waals surface area contributed by atoms with Gasteiger partial charge in [0.2, 0.25) is 5.91 Å². The van der Waals surface area contributed by atoms with E-state index in [-0.39, 0.29) is 49.8 Å². The van der Waals surface area contributed by atoms with E-state index in [1.54, 1.807) is 54.8 Å². The average molecular weight is 563 g/mol. The molecule has 0 bridgehead atoms. The molecule has 0 aliphatic carbocycles. The number of sulfone groups is 1. The predicted octanol–water partition coefficient (Wildman–Crippen LogP) is 2.27. The predicted molar refractivity (Wildman–Crippen MR) is 126 cm³/mol. The third-order valence-electron chi connectivity index (χ3n) is 5.69. The van der Waals surface area contributed by atoms with Crippen LogP contribution in [0.4, 0.5) is 4.79 Å². The standard InChI is InChI=1S/C21H30IN3O5S/c1-20(2,3)30-19(27)24-11-8-21(9-12-24,15-25-13-10-23-14-18(25)26)31(28,29)17-6-4-16(22)5-7-17/h4-7,23H,8-15H2,1-3H3. The number of amides is 2. The van der Waals surface area contributed by atoms with E-state index >= 15 is 0 Å². The van der Waals surface area contributed by atoms with Gasteiger partial charge >= 0.3 is 6.09 Å². The molecule has 1 aromatic carbocycles. The van der Waals surface area contributed by atoms with Crippen molar-refractivity contribution in [3.8, 4) is 0 Å². The van der Waals surface area contributed by atoms with Crippen LogP contribution in [0.25, 0.3) is 0 Å². The molecule has 10 heteroatoms. The zero-order valence-electron chi connectivity index (χ0n) is 18.2. The van der Waals surface area contributed by atoms with Gasteiger partial charge in [-0.1, -0.05) is 0 Å². The molecule has 0 atom stereocenters. The number of piperazine rings is 1. The molecule has 2 fully saturated rings. The summed E-state index contributed by atoms with van der Waals surface area (Å²) in [5, 5.41) is 3.02. The molecule has 0 saturated carbocycles. The molecular weight excluding hydrogens is 533 g/mol. The van der Waals surface area contributed by atoms with Crippen LogP contribution in [0.3, 0.4) is 0 Å². The highest BCUT2D eigenvalue weighted by Crippen LogP contribution is 2.37. The first-order chi connectivity index (χ1) is 14.4. The second-order valence-corrected chi connectivity index (χ2v) is 12.7. The van der Waals surface area contributed by atoms with Crippen LogP contribution in [-0.4, -0.2) is 79.8 Å². The molecule has 0 radical (unpaired) electrons. The van der Waals surface area contributed by atoms with Crippen molar-refractivity contribution in [3.05, 3.63) is 27.8 Å². The van der Waals surface area contributed by atoms with Crippen LogP contribution in [0.15, 0.2) is 29.2 Å². The summed E-state index contributed by atoms with van der Waals surface area (Å²) in [6.45, 7) is 7.38. The summed E-state index contributed by atoms with van der Waals surface area (Å²) < 4.78 is 32.9. The maximum atomic E-state index is 13.8. The Balaban J connectivity index is 1.88. The number of piperidine rings is 1. The first-order valence-corrected chi connectivity index (χ1v) is 13.0. The Kier molecular flexibility index (Phi) is 7.21. The molecule has 2 amide bonds. The fourth-order valence-electron chi connectivity index (χ4n) is 3.96. The van der Waals surface area contributed by atoms with Gasteiger partial charge in [-0.05, 0) is 80.5 Å². The topological polar surface area (TPSA) is 96.0 Å². The molecule has 0 spiro atoms. The molecule has 2 aliphatic rings. The van der Waals surface area contributed by atoms with E-state index in [2.05, 4.69) is 27.9 Å². The Labute approximate surface area is 197 Å². The normalized spacial score (nSPS) is 19.9. The number of nitrogens with one attached hydrogen (secondary N) is 1. The number of nitrogens with zero attached hydrogens (tertiary/aromatic N) is 2. The number of benzene rings is 1. The van der Waals surface area contributed by atoms with Crippen LogP contribution < -0.4 is 5.32 Å². The van der Waals surface area contributed by atoms with Crippen molar-refractivity contribution in [1.29, 1.82) is 0 Å². The monoisotopic (exact) mass is 563 g/mol. The lowest BCUT2D eigenvalue weighted by atomic mass is 9.94. The molecule has 0 unspecified atom stereocenters. The SMILES string of the molecule is CC(C)(C)OC(=O)N1CCC(CN2CCNCC2=O)(S(=O)(=O)c2ccc(I)cc2)CC1. The molecule has 8 nitrogen and oxygen atoms in total. The third kappa shape index (κ3) is 5.51. The van der Waals surface area contributed by atoms with Crippen molar-refractivity contribution in [2.24, 2.45) is 0 Å². The summed E-state index contributed by atoms with van der Waals surface area (Å²) in [6, 6.07) is 6.79. The van der Waals surface area contributed by atoms with Gasteiger partial charge in [0.05, 0.1) is 16.2 Å². The molecule has 2 saturated heterocycles. The van der Waals surface area contributed by atoms with Gasteiger partial charge in [-0.3, -0.25) is 4.79 Å². The number of hydrogen-bond donors (Lipinski definition) is 1. The minimum Gasteiger partial charge on any atom is -0.444 e. The summed E-state index contributed by atoms with van der Waals surface area (Å²) >= 11 is 2.14. The summed E-state index contributed by atoms with van der Waals surface area (Å²) in [4.78, 5) is 28.4. The van der Waals surface area contributed by atoms with E-state index in [1.807, 2.05) is 0 Å². The molecule has 3 rings (SSSR count). The van der Waals surface area contributed by atoms with Gasteiger partial charge in [-0.25, -0.2) is 13.2 Å². The van der Waals surface area contributed by atoms with Crippen molar-refractivity contribution in [2.75, 3.05) is 39.3 Å². The number of hydrogen-bond acceptors (Lipinski definition) is 6. The minimum absolute atomic E-state index is 0.0991. The Morgan fingerprint density at radius 1 is 1.16 bits per heavy atom. The number of carbonyl (C=O) groups excluding carboxylic acids is 2. The lowest BCUT2D eigenvalue weighted by Crippen LogP contribution is -2.60. The van der Waals surface area contributed by atoms with E-state index in [9.17, 15) is 18.0 Å². The van der Waals surface area contributed by atoms with Gasteiger partial charge in [0.1, 0.15) is 5.60 Å². The average Bonchev–Trinajstić information content (AvgIpc) is 2.69. The number of likely N-dealkylation sites (tertiary alicyclic amines) is 1. The van der Waals surface area contributed by atoms with Crippen LogP contribution in [0, 0.1) is 3.57 Å². The molecule has 172 valence electrons. The van der Waals surface area contributed by atoms with E-state index in [1.165, 1.54) is 0 Å². The van der Waals surface area contributed by atoms with Gasteiger partial charge < -0.3 is 19.9 Å². The van der Waals surface area contributed by atoms with Crippen molar-refractivity contribution in [2.45, 2.75) is 48.9 Å². The van der Waals surface area contributed by atoms with Crippen LogP contribution in [0.2, 0.25) is 0 Å². The number of ether oxygens (including phenoxy) is 1. The van der Waals surface area contributed by atoms with E-state index < -0.39 is 26.3 Å². The highest BCUT2D eigenvalue weighted by molar-refractivity contribution is 14.1. The molecule has 31 heavy (non-hydrogen) atoms. The van der Waals surface area contributed by atoms with Crippen LogP contribution in [0.1, 0.15) is 33.6 Å². The lowest BCUT2D eigenvalue weighted by Gasteiger charge is -2.44. The third-order valence-corrected chi connectivity index (χ3v) is 8.98. The fraction of sp³-hybridized carbons (Fsp3) is 0.619.